The van der Waals surface area contributed by atoms with Crippen LogP contribution in [0.1, 0.15) is 16.7 Å². The Balaban J connectivity index is 1.44. The fourth-order valence-corrected chi connectivity index (χ4v) is 3.74. The maximum Gasteiger partial charge on any atom is 0.230 e. The van der Waals surface area contributed by atoms with Crippen LogP contribution in [0.25, 0.3) is 11.3 Å². The highest BCUT2D eigenvalue weighted by Crippen LogP contribution is 2.31. The molecule has 0 spiro atoms. The van der Waals surface area contributed by atoms with Crippen LogP contribution in [0, 0.1) is 13.8 Å². The minimum Gasteiger partial charge on any atom is -0.486 e. The Morgan fingerprint density at radius 3 is 2.78 bits per heavy atom. The highest BCUT2D eigenvalue weighted by molar-refractivity contribution is 7.14. The third-order valence-electron chi connectivity index (χ3n) is 4.39. The third kappa shape index (κ3) is 3.95. The predicted molar refractivity (Wildman–Crippen MR) is 107 cm³/mol. The van der Waals surface area contributed by atoms with E-state index in [9.17, 15) is 4.79 Å². The average Bonchev–Trinajstić information content (AvgIpc) is 3.11. The van der Waals surface area contributed by atoms with E-state index in [1.165, 1.54) is 22.5 Å². The molecule has 138 valence electrons. The van der Waals surface area contributed by atoms with E-state index in [1.807, 2.05) is 23.6 Å². The first kappa shape index (κ1) is 17.5. The first-order chi connectivity index (χ1) is 13.1. The quantitative estimate of drug-likeness (QED) is 0.730. The van der Waals surface area contributed by atoms with Crippen molar-refractivity contribution in [2.45, 2.75) is 20.3 Å². The van der Waals surface area contributed by atoms with Gasteiger partial charge >= 0.3 is 0 Å². The van der Waals surface area contributed by atoms with Crippen LogP contribution >= 0.6 is 11.3 Å². The molecule has 6 heteroatoms. The number of anilines is 1. The van der Waals surface area contributed by atoms with Gasteiger partial charge in [-0.15, -0.1) is 11.3 Å². The molecule has 0 saturated heterocycles. The van der Waals surface area contributed by atoms with Crippen molar-refractivity contribution in [1.29, 1.82) is 0 Å². The minimum absolute atomic E-state index is 0.103. The van der Waals surface area contributed by atoms with E-state index in [0.717, 1.165) is 22.6 Å². The maximum atomic E-state index is 12.4. The zero-order valence-electron chi connectivity index (χ0n) is 15.2. The van der Waals surface area contributed by atoms with Gasteiger partial charge in [0.2, 0.25) is 5.91 Å². The van der Waals surface area contributed by atoms with Crippen LogP contribution < -0.4 is 14.8 Å². The molecule has 27 heavy (non-hydrogen) atoms. The maximum absolute atomic E-state index is 12.4. The van der Waals surface area contributed by atoms with Gasteiger partial charge in [-0.2, -0.15) is 0 Å². The van der Waals surface area contributed by atoms with E-state index in [2.05, 4.69) is 42.3 Å². The Kier molecular flexibility index (Phi) is 4.81. The Hall–Kier alpha value is -2.86. The normalized spacial score (nSPS) is 12.7. The Morgan fingerprint density at radius 1 is 1.11 bits per heavy atom. The zero-order chi connectivity index (χ0) is 18.8. The van der Waals surface area contributed by atoms with Crippen LogP contribution in [-0.2, 0) is 11.2 Å². The van der Waals surface area contributed by atoms with Crippen LogP contribution in [0.5, 0.6) is 11.5 Å². The van der Waals surface area contributed by atoms with Gasteiger partial charge in [0.25, 0.3) is 0 Å². The number of benzene rings is 2. The van der Waals surface area contributed by atoms with Crippen molar-refractivity contribution >= 4 is 22.4 Å². The molecule has 0 unspecified atom stereocenters. The molecule has 3 aromatic rings. The molecule has 0 aliphatic carbocycles. The smallest absolute Gasteiger partial charge is 0.230 e. The molecule has 1 amide bonds. The number of aryl methyl sites for hydroxylation is 2. The van der Waals surface area contributed by atoms with Crippen LogP contribution in [0.15, 0.2) is 41.8 Å². The highest BCUT2D eigenvalue weighted by atomic mass is 32.1. The largest absolute Gasteiger partial charge is 0.486 e. The standard InChI is InChI=1S/C21H20N2O3S/c1-13-3-4-14(2)16(9-13)17-12-27-21(22-17)23-20(24)11-15-5-6-18-19(10-15)26-8-7-25-18/h3-6,9-10,12H,7-8,11H2,1-2H3,(H,22,23,24). The van der Waals surface area contributed by atoms with Crippen LogP contribution in [0.2, 0.25) is 0 Å². The first-order valence-corrected chi connectivity index (χ1v) is 9.68. The fraction of sp³-hybridized carbons (Fsp3) is 0.238. The molecular weight excluding hydrogens is 360 g/mol. The summed E-state index contributed by atoms with van der Waals surface area (Å²) < 4.78 is 11.1. The van der Waals surface area contributed by atoms with E-state index < -0.39 is 0 Å². The summed E-state index contributed by atoms with van der Waals surface area (Å²) in [5.41, 5.74) is 5.21. The van der Waals surface area contributed by atoms with Crippen LogP contribution in [-0.4, -0.2) is 24.1 Å². The van der Waals surface area contributed by atoms with Gasteiger partial charge in [-0.25, -0.2) is 4.98 Å². The lowest BCUT2D eigenvalue weighted by Crippen LogP contribution is -2.17. The Labute approximate surface area is 162 Å². The molecular formula is C21H20N2O3S. The van der Waals surface area contributed by atoms with Gasteiger partial charge in [0.05, 0.1) is 12.1 Å². The summed E-state index contributed by atoms with van der Waals surface area (Å²) in [6, 6.07) is 11.9. The number of carbonyl (C=O) groups excluding carboxylic acids is 1. The summed E-state index contributed by atoms with van der Waals surface area (Å²) in [5, 5.41) is 5.47. The van der Waals surface area contributed by atoms with Crippen molar-refractivity contribution in [2.75, 3.05) is 18.5 Å². The number of thiazole rings is 1. The molecule has 1 aliphatic rings. The summed E-state index contributed by atoms with van der Waals surface area (Å²) in [4.78, 5) is 17.0. The number of aromatic nitrogens is 1. The van der Waals surface area contributed by atoms with Crippen LogP contribution in [0.3, 0.4) is 0 Å². The fourth-order valence-electron chi connectivity index (χ4n) is 3.01. The molecule has 1 aliphatic heterocycles. The zero-order valence-corrected chi connectivity index (χ0v) is 16.1. The number of hydrogen-bond acceptors (Lipinski definition) is 5. The van der Waals surface area contributed by atoms with E-state index in [-0.39, 0.29) is 12.3 Å². The lowest BCUT2D eigenvalue weighted by Gasteiger charge is -2.18. The van der Waals surface area contributed by atoms with E-state index in [1.54, 1.807) is 0 Å². The lowest BCUT2D eigenvalue weighted by atomic mass is 10.0. The van der Waals surface area contributed by atoms with E-state index >= 15 is 0 Å². The van der Waals surface area contributed by atoms with Crippen molar-refractivity contribution < 1.29 is 14.3 Å². The summed E-state index contributed by atoms with van der Waals surface area (Å²) in [7, 11) is 0. The van der Waals surface area contributed by atoms with Gasteiger partial charge in [-0.05, 0) is 43.2 Å². The Morgan fingerprint density at radius 2 is 1.93 bits per heavy atom. The highest BCUT2D eigenvalue weighted by Gasteiger charge is 2.14. The van der Waals surface area contributed by atoms with Gasteiger partial charge in [0, 0.05) is 10.9 Å². The van der Waals surface area contributed by atoms with Gasteiger partial charge in [0.15, 0.2) is 16.6 Å². The van der Waals surface area contributed by atoms with Crippen molar-refractivity contribution in [3.63, 3.8) is 0 Å². The molecule has 0 fully saturated rings. The van der Waals surface area contributed by atoms with Crippen molar-refractivity contribution in [2.24, 2.45) is 0 Å². The lowest BCUT2D eigenvalue weighted by molar-refractivity contribution is -0.115. The third-order valence-corrected chi connectivity index (χ3v) is 5.15. The second-order valence-electron chi connectivity index (χ2n) is 6.56. The molecule has 5 nitrogen and oxygen atoms in total. The first-order valence-electron chi connectivity index (χ1n) is 8.80. The Bertz CT molecular complexity index is 997. The minimum atomic E-state index is -0.103. The number of hydrogen-bond donors (Lipinski definition) is 1. The molecule has 0 saturated carbocycles. The van der Waals surface area contributed by atoms with E-state index in [0.29, 0.717) is 24.1 Å². The number of ether oxygens (including phenoxy) is 2. The second kappa shape index (κ2) is 7.40. The van der Waals surface area contributed by atoms with Crippen LogP contribution in [0.4, 0.5) is 5.13 Å². The summed E-state index contributed by atoms with van der Waals surface area (Å²) in [5.74, 6) is 1.31. The number of rotatable bonds is 4. The van der Waals surface area contributed by atoms with Crippen molar-refractivity contribution in [3.05, 3.63) is 58.5 Å². The molecule has 0 bridgehead atoms. The topological polar surface area (TPSA) is 60.5 Å². The number of nitrogens with zero attached hydrogens (tertiary/aromatic N) is 1. The predicted octanol–water partition coefficient (Wildman–Crippen LogP) is 4.38. The molecule has 0 radical (unpaired) electrons. The van der Waals surface area contributed by atoms with Gasteiger partial charge in [0.1, 0.15) is 13.2 Å². The van der Waals surface area contributed by atoms with Gasteiger partial charge in [-0.3, -0.25) is 4.79 Å². The monoisotopic (exact) mass is 380 g/mol. The molecule has 2 heterocycles. The number of fused-ring (bicyclic) bond motifs is 1. The SMILES string of the molecule is Cc1ccc(C)c(-c2csc(NC(=O)Cc3ccc4c(c3)OCCO4)n2)c1. The second-order valence-corrected chi connectivity index (χ2v) is 7.42. The molecule has 1 N–H and O–H groups in total. The number of amides is 1. The summed E-state index contributed by atoms with van der Waals surface area (Å²) in [6.45, 7) is 5.21. The molecule has 0 atom stereocenters. The molecule has 4 rings (SSSR count). The summed E-state index contributed by atoms with van der Waals surface area (Å²) in [6.07, 6.45) is 0.259. The van der Waals surface area contributed by atoms with Gasteiger partial charge in [-0.1, -0.05) is 23.8 Å². The van der Waals surface area contributed by atoms with Crippen molar-refractivity contribution in [1.82, 2.24) is 4.98 Å². The molecule has 1 aromatic heterocycles. The van der Waals surface area contributed by atoms with Crippen molar-refractivity contribution in [3.8, 4) is 22.8 Å². The average molecular weight is 380 g/mol. The molecule has 2 aromatic carbocycles. The summed E-state index contributed by atoms with van der Waals surface area (Å²) >= 11 is 1.43. The van der Waals surface area contributed by atoms with Gasteiger partial charge < -0.3 is 14.8 Å². The number of nitrogens with one attached hydrogen (secondary N) is 1. The van der Waals surface area contributed by atoms with E-state index in [4.69, 9.17) is 9.47 Å². The number of carbonyl (C=O) groups is 1.